The lowest BCUT2D eigenvalue weighted by Gasteiger charge is -2.29. The van der Waals surface area contributed by atoms with Crippen molar-refractivity contribution in [3.8, 4) is 17.1 Å². The summed E-state index contributed by atoms with van der Waals surface area (Å²) < 4.78 is 16.0. The Balaban J connectivity index is 1.36. The highest BCUT2D eigenvalue weighted by Crippen LogP contribution is 2.31. The van der Waals surface area contributed by atoms with Crippen molar-refractivity contribution in [2.24, 2.45) is 0 Å². The Labute approximate surface area is 166 Å². The van der Waals surface area contributed by atoms with Gasteiger partial charge in [-0.3, -0.25) is 14.6 Å². The fourth-order valence-corrected chi connectivity index (χ4v) is 2.92. The van der Waals surface area contributed by atoms with Gasteiger partial charge >= 0.3 is 5.97 Å². The van der Waals surface area contributed by atoms with Gasteiger partial charge in [0.15, 0.2) is 12.7 Å². The van der Waals surface area contributed by atoms with Gasteiger partial charge in [-0.1, -0.05) is 17.3 Å². The van der Waals surface area contributed by atoms with Crippen LogP contribution in [0.1, 0.15) is 25.3 Å². The number of fused-ring (bicyclic) bond motifs is 1. The molecule has 1 atom stereocenters. The fraction of sp³-hybridized carbons (Fsp3) is 0.250. The van der Waals surface area contributed by atoms with Crippen molar-refractivity contribution in [1.29, 1.82) is 0 Å². The van der Waals surface area contributed by atoms with E-state index in [9.17, 15) is 9.59 Å². The van der Waals surface area contributed by atoms with Gasteiger partial charge in [-0.2, -0.15) is 4.98 Å². The molecule has 0 saturated heterocycles. The summed E-state index contributed by atoms with van der Waals surface area (Å²) in [4.78, 5) is 34.2. The van der Waals surface area contributed by atoms with Crippen LogP contribution < -0.4 is 9.64 Å². The monoisotopic (exact) mass is 394 g/mol. The largest absolute Gasteiger partial charge is 0.482 e. The SMILES string of the molecule is CC(OC(=O)CCN1C(=O)COc2ccccc21)c1nc(-c2cccnc2)no1. The minimum absolute atomic E-state index is 0.0218. The first kappa shape index (κ1) is 18.6. The summed E-state index contributed by atoms with van der Waals surface area (Å²) in [5, 5.41) is 3.88. The molecule has 0 radical (unpaired) electrons. The Bertz CT molecular complexity index is 1020. The molecule has 0 spiro atoms. The molecule has 148 valence electrons. The topological polar surface area (TPSA) is 108 Å². The Morgan fingerprint density at radius 1 is 1.28 bits per heavy atom. The number of hydrogen-bond donors (Lipinski definition) is 0. The molecule has 9 heteroatoms. The van der Waals surface area contributed by atoms with Crippen molar-refractivity contribution in [1.82, 2.24) is 15.1 Å². The van der Waals surface area contributed by atoms with Crippen LogP contribution in [0.25, 0.3) is 11.4 Å². The smallest absolute Gasteiger partial charge is 0.308 e. The Morgan fingerprint density at radius 2 is 2.14 bits per heavy atom. The number of para-hydroxylation sites is 2. The van der Waals surface area contributed by atoms with Crippen LogP contribution in [0.3, 0.4) is 0 Å². The number of benzene rings is 1. The number of hydrogen-bond acceptors (Lipinski definition) is 8. The lowest BCUT2D eigenvalue weighted by atomic mass is 10.2. The average molecular weight is 394 g/mol. The molecule has 29 heavy (non-hydrogen) atoms. The maximum atomic E-state index is 12.3. The summed E-state index contributed by atoms with van der Waals surface area (Å²) in [6.07, 6.45) is 2.57. The van der Waals surface area contributed by atoms with Crippen molar-refractivity contribution in [3.05, 3.63) is 54.7 Å². The lowest BCUT2D eigenvalue weighted by Crippen LogP contribution is -2.40. The maximum Gasteiger partial charge on any atom is 0.308 e. The highest BCUT2D eigenvalue weighted by atomic mass is 16.6. The highest BCUT2D eigenvalue weighted by Gasteiger charge is 2.26. The summed E-state index contributed by atoms with van der Waals surface area (Å²) in [5.74, 6) is 0.483. The molecular weight excluding hydrogens is 376 g/mol. The van der Waals surface area contributed by atoms with Crippen LogP contribution in [-0.4, -0.2) is 40.2 Å². The molecule has 0 fully saturated rings. The van der Waals surface area contributed by atoms with Crippen LogP contribution in [0.2, 0.25) is 0 Å². The van der Waals surface area contributed by atoms with Gasteiger partial charge in [0.25, 0.3) is 11.8 Å². The van der Waals surface area contributed by atoms with Crippen molar-refractivity contribution in [3.63, 3.8) is 0 Å². The standard InChI is InChI=1S/C20H18N4O5/c1-13(20-22-19(23-29-20)14-5-4-9-21-11-14)28-18(26)8-10-24-15-6-2-3-7-16(15)27-12-17(24)25/h2-7,9,11,13H,8,10,12H2,1H3. The normalized spacial score (nSPS) is 14.1. The van der Waals surface area contributed by atoms with Crippen LogP contribution in [0.4, 0.5) is 5.69 Å². The molecule has 0 bridgehead atoms. The number of ether oxygens (including phenoxy) is 2. The number of rotatable bonds is 6. The second-order valence-electron chi connectivity index (χ2n) is 6.38. The van der Waals surface area contributed by atoms with E-state index >= 15 is 0 Å². The van der Waals surface area contributed by atoms with Gasteiger partial charge in [0.2, 0.25) is 5.82 Å². The molecule has 1 aromatic carbocycles. The Hall–Kier alpha value is -3.75. The number of amides is 1. The average Bonchev–Trinajstić information content (AvgIpc) is 3.24. The third-order valence-electron chi connectivity index (χ3n) is 4.37. The van der Waals surface area contributed by atoms with E-state index in [0.29, 0.717) is 22.8 Å². The maximum absolute atomic E-state index is 12.3. The number of aromatic nitrogens is 3. The van der Waals surface area contributed by atoms with E-state index in [1.54, 1.807) is 43.6 Å². The summed E-state index contributed by atoms with van der Waals surface area (Å²) >= 11 is 0. The van der Waals surface area contributed by atoms with Gasteiger partial charge in [-0.15, -0.1) is 0 Å². The predicted molar refractivity (Wildman–Crippen MR) is 101 cm³/mol. The summed E-state index contributed by atoms with van der Waals surface area (Å²) in [7, 11) is 0. The minimum Gasteiger partial charge on any atom is -0.482 e. The Kier molecular flexibility index (Phi) is 5.19. The zero-order valence-corrected chi connectivity index (χ0v) is 15.6. The van der Waals surface area contributed by atoms with E-state index < -0.39 is 12.1 Å². The molecular formula is C20H18N4O5. The van der Waals surface area contributed by atoms with Crippen LogP contribution >= 0.6 is 0 Å². The van der Waals surface area contributed by atoms with E-state index in [4.69, 9.17) is 14.0 Å². The van der Waals surface area contributed by atoms with Crippen molar-refractivity contribution in [2.45, 2.75) is 19.4 Å². The molecule has 1 amide bonds. The van der Waals surface area contributed by atoms with Gasteiger partial charge in [0.05, 0.1) is 12.1 Å². The molecule has 1 unspecified atom stereocenters. The number of carbonyl (C=O) groups excluding carboxylic acids is 2. The van der Waals surface area contributed by atoms with Gasteiger partial charge in [0, 0.05) is 24.5 Å². The van der Waals surface area contributed by atoms with Crippen LogP contribution in [0, 0.1) is 0 Å². The van der Waals surface area contributed by atoms with Crippen LogP contribution in [-0.2, 0) is 14.3 Å². The molecule has 1 aliphatic rings. The van der Waals surface area contributed by atoms with Gasteiger partial charge in [0.1, 0.15) is 5.75 Å². The fourth-order valence-electron chi connectivity index (χ4n) is 2.92. The summed E-state index contributed by atoms with van der Waals surface area (Å²) in [5.41, 5.74) is 1.34. The first-order chi connectivity index (χ1) is 14.1. The first-order valence-corrected chi connectivity index (χ1v) is 9.07. The van der Waals surface area contributed by atoms with Crippen molar-refractivity contribution >= 4 is 17.6 Å². The highest BCUT2D eigenvalue weighted by molar-refractivity contribution is 5.98. The van der Waals surface area contributed by atoms with E-state index in [1.165, 1.54) is 4.90 Å². The second kappa shape index (κ2) is 8.09. The third kappa shape index (κ3) is 4.08. The second-order valence-corrected chi connectivity index (χ2v) is 6.38. The molecule has 3 aromatic rings. The number of carbonyl (C=O) groups is 2. The predicted octanol–water partition coefficient (Wildman–Crippen LogP) is 2.55. The molecule has 1 aliphatic heterocycles. The summed E-state index contributed by atoms with van der Waals surface area (Å²) in [6.45, 7) is 1.78. The number of esters is 1. The minimum atomic E-state index is -0.715. The zero-order valence-electron chi connectivity index (χ0n) is 15.6. The van der Waals surface area contributed by atoms with E-state index in [1.807, 2.05) is 12.1 Å². The number of anilines is 1. The molecule has 0 saturated carbocycles. The Morgan fingerprint density at radius 3 is 2.97 bits per heavy atom. The van der Waals surface area contributed by atoms with Gasteiger partial charge in [-0.05, 0) is 31.2 Å². The van der Waals surface area contributed by atoms with Gasteiger partial charge in [-0.25, -0.2) is 0 Å². The molecule has 0 aliphatic carbocycles. The van der Waals surface area contributed by atoms with E-state index in [0.717, 1.165) is 0 Å². The zero-order chi connectivity index (χ0) is 20.2. The van der Waals surface area contributed by atoms with Crippen LogP contribution in [0.5, 0.6) is 5.75 Å². The van der Waals surface area contributed by atoms with Crippen LogP contribution in [0.15, 0.2) is 53.3 Å². The third-order valence-corrected chi connectivity index (χ3v) is 4.37. The molecule has 4 rings (SSSR count). The number of pyridine rings is 1. The van der Waals surface area contributed by atoms with E-state index in [-0.39, 0.29) is 31.4 Å². The number of nitrogens with zero attached hydrogens (tertiary/aromatic N) is 4. The van der Waals surface area contributed by atoms with Gasteiger partial charge < -0.3 is 18.9 Å². The lowest BCUT2D eigenvalue weighted by molar-refractivity contribution is -0.149. The van der Waals surface area contributed by atoms with Crippen molar-refractivity contribution < 1.29 is 23.6 Å². The van der Waals surface area contributed by atoms with Crippen molar-refractivity contribution in [2.75, 3.05) is 18.1 Å². The quantitative estimate of drug-likeness (QED) is 0.587. The summed E-state index contributed by atoms with van der Waals surface area (Å²) in [6, 6.07) is 10.8. The molecule has 2 aromatic heterocycles. The molecule has 9 nitrogen and oxygen atoms in total. The molecule has 0 N–H and O–H groups in total. The first-order valence-electron chi connectivity index (χ1n) is 9.07. The molecule has 3 heterocycles. The van der Waals surface area contributed by atoms with E-state index in [2.05, 4.69) is 15.1 Å².